The van der Waals surface area contributed by atoms with Gasteiger partial charge in [0.15, 0.2) is 0 Å². The topological polar surface area (TPSA) is 72.9 Å². The molecule has 0 radical (unpaired) electrons. The van der Waals surface area contributed by atoms with Crippen LogP contribution in [0, 0.1) is 17.8 Å². The number of ether oxygens (including phenoxy) is 2. The third-order valence-corrected chi connectivity index (χ3v) is 8.32. The first-order chi connectivity index (χ1) is 19.0. The Hall–Kier alpha value is -4.42. The average molecular weight is 536 g/mol. The fraction of sp³-hybridized carbons (Fsp3) is 0.156. The standard InChI is InChI=1S/C32H22ClNO5/c1-38-21-13-6-18(7-14-21)24-16-25-23-15-8-17-4-2-3-5-22(17)29(23)39-32(37)27(25)28-26(24)30(35)34(31(28)36)20-11-9-19(33)10-12-20/h2-16,24,26-28H,1H3/t24-,26+,27-,28+/m0/s1. The highest BCUT2D eigenvalue weighted by molar-refractivity contribution is 6.31. The predicted octanol–water partition coefficient (Wildman–Crippen LogP) is 6.02. The zero-order chi connectivity index (χ0) is 26.8. The number of rotatable bonds is 3. The van der Waals surface area contributed by atoms with Crippen molar-refractivity contribution in [3.05, 3.63) is 107 Å². The maximum atomic E-state index is 14.1. The van der Waals surface area contributed by atoms with Crippen LogP contribution in [0.15, 0.2) is 91.0 Å². The van der Waals surface area contributed by atoms with Crippen LogP contribution in [0.3, 0.4) is 0 Å². The molecule has 2 aliphatic heterocycles. The predicted molar refractivity (Wildman–Crippen MR) is 148 cm³/mol. The van der Waals surface area contributed by atoms with E-state index in [4.69, 9.17) is 21.1 Å². The Labute approximate surface area is 229 Å². The first-order valence-corrected chi connectivity index (χ1v) is 13.1. The number of hydrogen-bond acceptors (Lipinski definition) is 5. The van der Waals surface area contributed by atoms with Crippen LogP contribution in [0.4, 0.5) is 5.69 Å². The second-order valence-electron chi connectivity index (χ2n) is 10.0. The third-order valence-electron chi connectivity index (χ3n) is 8.07. The highest BCUT2D eigenvalue weighted by Crippen LogP contribution is 2.55. The van der Waals surface area contributed by atoms with Crippen LogP contribution in [-0.4, -0.2) is 24.9 Å². The van der Waals surface area contributed by atoms with Gasteiger partial charge >= 0.3 is 5.97 Å². The van der Waals surface area contributed by atoms with Crippen molar-refractivity contribution in [3.8, 4) is 11.5 Å². The summed E-state index contributed by atoms with van der Waals surface area (Å²) in [5.74, 6) is -3.13. The molecule has 0 spiro atoms. The van der Waals surface area contributed by atoms with Crippen molar-refractivity contribution in [1.82, 2.24) is 0 Å². The second kappa shape index (κ2) is 8.82. The molecule has 4 aromatic rings. The molecule has 0 N–H and O–H groups in total. The second-order valence-corrected chi connectivity index (χ2v) is 10.5. The quantitative estimate of drug-likeness (QED) is 0.182. The zero-order valence-electron chi connectivity index (χ0n) is 20.8. The summed E-state index contributed by atoms with van der Waals surface area (Å²) in [6.07, 6.45) is 1.98. The van der Waals surface area contributed by atoms with E-state index in [1.165, 1.54) is 4.90 Å². The summed E-state index contributed by atoms with van der Waals surface area (Å²) in [6, 6.07) is 25.7. The van der Waals surface area contributed by atoms with Gasteiger partial charge in [0, 0.05) is 21.9 Å². The Morgan fingerprint density at radius 2 is 1.54 bits per heavy atom. The van der Waals surface area contributed by atoms with Crippen LogP contribution in [0.5, 0.6) is 11.5 Å². The minimum atomic E-state index is -0.910. The molecular formula is C32H22ClNO5. The number of carbonyl (C=O) groups is 3. The van der Waals surface area contributed by atoms with E-state index >= 15 is 0 Å². The number of halogens is 1. The van der Waals surface area contributed by atoms with Crippen LogP contribution in [0.1, 0.15) is 17.0 Å². The van der Waals surface area contributed by atoms with Crippen LogP contribution in [0.2, 0.25) is 5.02 Å². The molecule has 192 valence electrons. The van der Waals surface area contributed by atoms with Crippen LogP contribution >= 0.6 is 11.6 Å². The maximum absolute atomic E-state index is 14.1. The van der Waals surface area contributed by atoms with E-state index in [9.17, 15) is 14.4 Å². The Balaban J connectivity index is 1.43. The molecule has 4 atom stereocenters. The first-order valence-electron chi connectivity index (χ1n) is 12.7. The van der Waals surface area contributed by atoms with Gasteiger partial charge in [0.25, 0.3) is 0 Å². The molecule has 0 saturated carbocycles. The number of carbonyl (C=O) groups excluding carboxylic acids is 3. The van der Waals surface area contributed by atoms with E-state index in [-0.39, 0.29) is 5.91 Å². The molecule has 39 heavy (non-hydrogen) atoms. The molecule has 2 amide bonds. The van der Waals surface area contributed by atoms with Crippen LogP contribution in [-0.2, 0) is 14.4 Å². The van der Waals surface area contributed by atoms with Gasteiger partial charge in [-0.2, -0.15) is 0 Å². The Kier molecular flexibility index (Phi) is 5.35. The number of nitrogens with zero attached hydrogens (tertiary/aromatic N) is 1. The summed E-state index contributed by atoms with van der Waals surface area (Å²) in [5, 5.41) is 2.27. The van der Waals surface area contributed by atoms with Gasteiger partial charge in [-0.25, -0.2) is 4.90 Å². The summed E-state index contributed by atoms with van der Waals surface area (Å²) >= 11 is 6.07. The number of esters is 1. The lowest BCUT2D eigenvalue weighted by atomic mass is 9.64. The fourth-order valence-corrected chi connectivity index (χ4v) is 6.41. The van der Waals surface area contributed by atoms with Crippen molar-refractivity contribution in [1.29, 1.82) is 0 Å². The molecule has 0 aromatic heterocycles. The van der Waals surface area contributed by atoms with E-state index in [0.29, 0.717) is 27.8 Å². The van der Waals surface area contributed by atoms with E-state index in [1.807, 2.05) is 66.7 Å². The Bertz CT molecular complexity index is 1710. The van der Waals surface area contributed by atoms with Crippen LogP contribution < -0.4 is 14.4 Å². The molecule has 1 aliphatic carbocycles. The minimum Gasteiger partial charge on any atom is -0.497 e. The highest BCUT2D eigenvalue weighted by atomic mass is 35.5. The summed E-state index contributed by atoms with van der Waals surface area (Å²) in [4.78, 5) is 42.9. The Morgan fingerprint density at radius 3 is 2.28 bits per heavy atom. The van der Waals surface area contributed by atoms with Crippen LogP contribution in [0.25, 0.3) is 16.3 Å². The molecule has 4 aromatic carbocycles. The lowest BCUT2D eigenvalue weighted by Gasteiger charge is -2.38. The first kappa shape index (κ1) is 23.7. The number of fused-ring (bicyclic) bond motifs is 7. The molecule has 2 heterocycles. The Morgan fingerprint density at radius 1 is 0.821 bits per heavy atom. The molecule has 1 saturated heterocycles. The molecule has 1 fully saturated rings. The van der Waals surface area contributed by atoms with Crippen molar-refractivity contribution in [2.24, 2.45) is 17.8 Å². The summed E-state index contributed by atoms with van der Waals surface area (Å²) in [6.45, 7) is 0. The average Bonchev–Trinajstić information content (AvgIpc) is 3.23. The smallest absolute Gasteiger partial charge is 0.319 e. The van der Waals surface area contributed by atoms with Crippen molar-refractivity contribution in [2.45, 2.75) is 5.92 Å². The number of allylic oxidation sites excluding steroid dienone is 1. The van der Waals surface area contributed by atoms with Gasteiger partial charge in [-0.1, -0.05) is 66.2 Å². The molecule has 0 unspecified atom stereocenters. The van der Waals surface area contributed by atoms with Gasteiger partial charge in [-0.3, -0.25) is 14.4 Å². The molecule has 0 bridgehead atoms. The van der Waals surface area contributed by atoms with Gasteiger partial charge in [-0.15, -0.1) is 0 Å². The third kappa shape index (κ3) is 3.52. The normalized spacial score (nSPS) is 23.6. The number of hydrogen-bond donors (Lipinski definition) is 0. The van der Waals surface area contributed by atoms with Crippen molar-refractivity contribution in [3.63, 3.8) is 0 Å². The number of anilines is 1. The molecular weight excluding hydrogens is 514 g/mol. The lowest BCUT2D eigenvalue weighted by molar-refractivity contribution is -0.142. The van der Waals surface area contributed by atoms with Gasteiger partial charge in [0.05, 0.1) is 30.6 Å². The molecule has 6 nitrogen and oxygen atoms in total. The summed E-state index contributed by atoms with van der Waals surface area (Å²) < 4.78 is 11.3. The molecule has 3 aliphatic rings. The van der Waals surface area contributed by atoms with Crippen molar-refractivity contribution in [2.75, 3.05) is 12.0 Å². The minimum absolute atomic E-state index is 0.347. The zero-order valence-corrected chi connectivity index (χ0v) is 21.6. The monoisotopic (exact) mass is 535 g/mol. The van der Waals surface area contributed by atoms with Gasteiger partial charge in [-0.05, 0) is 52.9 Å². The van der Waals surface area contributed by atoms with Gasteiger partial charge in [0.2, 0.25) is 11.8 Å². The maximum Gasteiger partial charge on any atom is 0.319 e. The van der Waals surface area contributed by atoms with Gasteiger partial charge < -0.3 is 9.47 Å². The summed E-state index contributed by atoms with van der Waals surface area (Å²) in [7, 11) is 1.59. The van der Waals surface area contributed by atoms with Crippen molar-refractivity contribution < 1.29 is 23.9 Å². The fourth-order valence-electron chi connectivity index (χ4n) is 6.28. The highest BCUT2D eigenvalue weighted by Gasteiger charge is 2.60. The summed E-state index contributed by atoms with van der Waals surface area (Å²) in [5.41, 5.74) is 2.76. The molecule has 7 heteroatoms. The largest absolute Gasteiger partial charge is 0.497 e. The SMILES string of the molecule is COc1ccc([C@@H]2C=C3c4ccc5ccccc5c4OC(=O)[C@@H]3[C@@H]3C(=O)N(c4ccc(Cl)cc4)C(=O)[C@@H]32)cc1. The number of amides is 2. The lowest BCUT2D eigenvalue weighted by Crippen LogP contribution is -2.42. The van der Waals surface area contributed by atoms with E-state index in [2.05, 4.69) is 0 Å². The van der Waals surface area contributed by atoms with E-state index < -0.39 is 35.5 Å². The number of methoxy groups -OCH3 is 1. The number of benzene rings is 4. The van der Waals surface area contributed by atoms with Crippen molar-refractivity contribution >= 4 is 51.4 Å². The molecule has 7 rings (SSSR count). The van der Waals surface area contributed by atoms with E-state index in [1.54, 1.807) is 31.4 Å². The number of imide groups is 1. The van der Waals surface area contributed by atoms with Gasteiger partial charge in [0.1, 0.15) is 11.5 Å². The van der Waals surface area contributed by atoms with E-state index in [0.717, 1.165) is 21.9 Å².